The van der Waals surface area contributed by atoms with Gasteiger partial charge in [-0.25, -0.2) is 0 Å². The van der Waals surface area contributed by atoms with Gasteiger partial charge in [-0.3, -0.25) is 0 Å². The average Bonchev–Trinajstić information content (AvgIpc) is 2.62. The minimum Gasteiger partial charge on any atom is -0.324 e. The van der Waals surface area contributed by atoms with E-state index in [1.165, 1.54) is 43.5 Å². The van der Waals surface area contributed by atoms with Crippen LogP contribution in [0.4, 0.5) is 0 Å². The Bertz CT molecular complexity index is 559. The maximum absolute atomic E-state index is 6.31. The van der Waals surface area contributed by atoms with Crippen molar-refractivity contribution in [2.75, 3.05) is 19.6 Å². The van der Waals surface area contributed by atoms with E-state index in [0.29, 0.717) is 0 Å². The molecular formula is C21H28N2. The lowest BCUT2D eigenvalue weighted by Crippen LogP contribution is -2.36. The van der Waals surface area contributed by atoms with Crippen LogP contribution in [0.15, 0.2) is 60.7 Å². The summed E-state index contributed by atoms with van der Waals surface area (Å²) in [6.45, 7) is 3.56. The van der Waals surface area contributed by atoms with Crippen LogP contribution in [-0.4, -0.2) is 24.5 Å². The molecule has 1 aliphatic rings. The lowest BCUT2D eigenvalue weighted by Gasteiger charge is -2.32. The second-order valence-electron chi connectivity index (χ2n) is 6.78. The van der Waals surface area contributed by atoms with E-state index in [0.717, 1.165) is 18.9 Å². The molecule has 0 aliphatic carbocycles. The van der Waals surface area contributed by atoms with E-state index in [1.54, 1.807) is 0 Å². The summed E-state index contributed by atoms with van der Waals surface area (Å²) in [5.41, 5.74) is 9.05. The van der Waals surface area contributed by atoms with Gasteiger partial charge in [0.05, 0.1) is 0 Å². The average molecular weight is 308 g/mol. The van der Waals surface area contributed by atoms with Gasteiger partial charge >= 0.3 is 0 Å². The molecule has 1 fully saturated rings. The molecule has 2 aromatic carbocycles. The molecule has 2 N–H and O–H groups in total. The van der Waals surface area contributed by atoms with E-state index in [4.69, 9.17) is 5.73 Å². The smallest absolute Gasteiger partial charge is 0.0307 e. The first kappa shape index (κ1) is 16.2. The quantitative estimate of drug-likeness (QED) is 0.873. The molecule has 0 amide bonds. The molecule has 2 nitrogen and oxygen atoms in total. The van der Waals surface area contributed by atoms with Crippen LogP contribution in [0.2, 0.25) is 0 Å². The van der Waals surface area contributed by atoms with E-state index in [1.807, 2.05) is 6.07 Å². The Morgan fingerprint density at radius 3 is 2.17 bits per heavy atom. The maximum atomic E-state index is 6.31. The molecule has 0 aromatic heterocycles. The fraction of sp³-hybridized carbons (Fsp3) is 0.429. The monoisotopic (exact) mass is 308 g/mol. The fourth-order valence-corrected chi connectivity index (χ4v) is 3.55. The summed E-state index contributed by atoms with van der Waals surface area (Å²) in [6, 6.07) is 21.5. The molecule has 1 saturated heterocycles. The Balaban J connectivity index is 1.39. The highest BCUT2D eigenvalue weighted by Gasteiger charge is 2.19. The number of hydrogen-bond acceptors (Lipinski definition) is 2. The van der Waals surface area contributed by atoms with Gasteiger partial charge < -0.3 is 10.6 Å². The van der Waals surface area contributed by atoms with Crippen LogP contribution in [0.3, 0.4) is 0 Å². The first-order chi connectivity index (χ1) is 11.3. The molecule has 122 valence electrons. The Kier molecular flexibility index (Phi) is 5.84. The molecule has 1 aliphatic heterocycles. The zero-order valence-electron chi connectivity index (χ0n) is 13.9. The second-order valence-corrected chi connectivity index (χ2v) is 6.78. The van der Waals surface area contributed by atoms with Crippen molar-refractivity contribution >= 4 is 0 Å². The summed E-state index contributed by atoms with van der Waals surface area (Å²) in [5.74, 6) is 0.844. The van der Waals surface area contributed by atoms with Crippen LogP contribution in [0.1, 0.15) is 36.4 Å². The van der Waals surface area contributed by atoms with Crippen LogP contribution in [-0.2, 0) is 6.42 Å². The van der Waals surface area contributed by atoms with Crippen LogP contribution < -0.4 is 5.73 Å². The van der Waals surface area contributed by atoms with Crippen molar-refractivity contribution in [2.24, 2.45) is 11.7 Å². The van der Waals surface area contributed by atoms with Crippen molar-refractivity contribution in [2.45, 2.75) is 31.7 Å². The van der Waals surface area contributed by atoms with Gasteiger partial charge in [0.2, 0.25) is 0 Å². The second kappa shape index (κ2) is 8.28. The molecule has 2 heteroatoms. The Labute approximate surface area is 140 Å². The Hall–Kier alpha value is -1.64. The van der Waals surface area contributed by atoms with Crippen molar-refractivity contribution in [1.82, 2.24) is 4.90 Å². The van der Waals surface area contributed by atoms with Crippen molar-refractivity contribution < 1.29 is 0 Å². The van der Waals surface area contributed by atoms with Crippen LogP contribution in [0, 0.1) is 5.92 Å². The third-order valence-electron chi connectivity index (χ3n) is 5.06. The summed E-state index contributed by atoms with van der Waals surface area (Å²) in [7, 11) is 0. The number of nitrogens with two attached hydrogens (primary N) is 1. The van der Waals surface area contributed by atoms with Gasteiger partial charge in [-0.1, -0.05) is 60.7 Å². The predicted octanol–water partition coefficient (Wildman–Crippen LogP) is 4.03. The molecule has 1 heterocycles. The number of hydrogen-bond donors (Lipinski definition) is 1. The molecule has 2 aromatic rings. The minimum absolute atomic E-state index is 0.165. The van der Waals surface area contributed by atoms with Crippen molar-refractivity contribution in [3.63, 3.8) is 0 Å². The standard InChI is InChI=1S/C21H28N2/c22-21(20-9-5-2-6-10-20)13-16-23-14-11-19(12-15-23)17-18-7-3-1-4-8-18/h1-10,19,21H,11-17,22H2. The summed E-state index contributed by atoms with van der Waals surface area (Å²) >= 11 is 0. The third-order valence-corrected chi connectivity index (χ3v) is 5.06. The van der Waals surface area contributed by atoms with E-state index < -0.39 is 0 Å². The molecule has 23 heavy (non-hydrogen) atoms. The lowest BCUT2D eigenvalue weighted by atomic mass is 9.90. The molecule has 0 spiro atoms. The normalized spacial score (nSPS) is 18.0. The molecule has 0 radical (unpaired) electrons. The summed E-state index contributed by atoms with van der Waals surface area (Å²) in [4.78, 5) is 2.59. The highest BCUT2D eigenvalue weighted by Crippen LogP contribution is 2.22. The molecule has 3 rings (SSSR count). The van der Waals surface area contributed by atoms with E-state index in [2.05, 4.69) is 59.5 Å². The van der Waals surface area contributed by atoms with Crippen molar-refractivity contribution in [1.29, 1.82) is 0 Å². The van der Waals surface area contributed by atoms with Crippen LogP contribution in [0.25, 0.3) is 0 Å². The molecule has 1 atom stereocenters. The number of benzene rings is 2. The lowest BCUT2D eigenvalue weighted by molar-refractivity contribution is 0.179. The van der Waals surface area contributed by atoms with Crippen LogP contribution in [0.5, 0.6) is 0 Å². The summed E-state index contributed by atoms with van der Waals surface area (Å²) in [6.07, 6.45) is 4.91. The van der Waals surface area contributed by atoms with Gasteiger partial charge in [0.25, 0.3) is 0 Å². The Morgan fingerprint density at radius 1 is 0.913 bits per heavy atom. The van der Waals surface area contributed by atoms with Gasteiger partial charge in [-0.15, -0.1) is 0 Å². The number of likely N-dealkylation sites (tertiary alicyclic amines) is 1. The third kappa shape index (κ3) is 4.92. The van der Waals surface area contributed by atoms with E-state index >= 15 is 0 Å². The molecular weight excluding hydrogens is 280 g/mol. The van der Waals surface area contributed by atoms with Crippen LogP contribution >= 0.6 is 0 Å². The predicted molar refractivity (Wildman–Crippen MR) is 97.3 cm³/mol. The summed E-state index contributed by atoms with van der Waals surface area (Å²) in [5, 5.41) is 0. The van der Waals surface area contributed by atoms with Gasteiger partial charge in [-0.2, -0.15) is 0 Å². The number of piperidine rings is 1. The first-order valence-corrected chi connectivity index (χ1v) is 8.88. The molecule has 1 unspecified atom stereocenters. The zero-order chi connectivity index (χ0) is 15.9. The van der Waals surface area contributed by atoms with E-state index in [-0.39, 0.29) is 6.04 Å². The van der Waals surface area contributed by atoms with E-state index in [9.17, 15) is 0 Å². The first-order valence-electron chi connectivity index (χ1n) is 8.88. The topological polar surface area (TPSA) is 29.3 Å². The van der Waals surface area contributed by atoms with Crippen molar-refractivity contribution in [3.8, 4) is 0 Å². The zero-order valence-corrected chi connectivity index (χ0v) is 13.9. The van der Waals surface area contributed by atoms with Gasteiger partial charge in [0, 0.05) is 6.04 Å². The van der Waals surface area contributed by atoms with Gasteiger partial charge in [0.15, 0.2) is 0 Å². The van der Waals surface area contributed by atoms with Crippen molar-refractivity contribution in [3.05, 3.63) is 71.8 Å². The highest BCUT2D eigenvalue weighted by molar-refractivity contribution is 5.18. The maximum Gasteiger partial charge on any atom is 0.0307 e. The Morgan fingerprint density at radius 2 is 1.52 bits per heavy atom. The minimum atomic E-state index is 0.165. The number of nitrogens with zero attached hydrogens (tertiary/aromatic N) is 1. The molecule has 0 bridgehead atoms. The number of rotatable bonds is 6. The highest BCUT2D eigenvalue weighted by atomic mass is 15.1. The van der Waals surface area contributed by atoms with Gasteiger partial charge in [0.1, 0.15) is 0 Å². The fourth-order valence-electron chi connectivity index (χ4n) is 3.55. The largest absolute Gasteiger partial charge is 0.324 e. The van der Waals surface area contributed by atoms with Gasteiger partial charge in [-0.05, 0) is 62.4 Å². The molecule has 0 saturated carbocycles. The summed E-state index contributed by atoms with van der Waals surface area (Å²) < 4.78 is 0. The SMILES string of the molecule is NC(CCN1CCC(Cc2ccccc2)CC1)c1ccccc1.